The number of nitrogens with zero attached hydrogens (tertiary/aromatic N) is 5. The number of aromatic amines is 1. The molecule has 0 amide bonds. The quantitative estimate of drug-likeness (QED) is 0.756. The number of benzene rings is 1. The summed E-state index contributed by atoms with van der Waals surface area (Å²) in [5, 5.41) is 21.5. The number of H-pyrrole nitrogens is 1. The predicted molar refractivity (Wildman–Crippen MR) is 70.1 cm³/mol. The molecule has 19 heavy (non-hydrogen) atoms. The molecule has 0 saturated carbocycles. The molecule has 1 aromatic carbocycles. The number of aromatic nitrogens is 6. The highest BCUT2D eigenvalue weighted by atomic mass is 35.5. The van der Waals surface area contributed by atoms with Crippen molar-refractivity contribution in [1.29, 1.82) is 0 Å². The molecule has 2 N–H and O–H groups in total. The van der Waals surface area contributed by atoms with Crippen LogP contribution in [0.5, 0.6) is 0 Å². The van der Waals surface area contributed by atoms with Gasteiger partial charge in [-0.15, -0.1) is 5.10 Å². The van der Waals surface area contributed by atoms with Crippen LogP contribution in [0, 0.1) is 0 Å². The fourth-order valence-corrected chi connectivity index (χ4v) is 1.73. The van der Waals surface area contributed by atoms with Crippen LogP contribution < -0.4 is 5.32 Å². The van der Waals surface area contributed by atoms with E-state index in [1.807, 2.05) is 30.5 Å². The number of hydrogen-bond acceptors (Lipinski definition) is 5. The second kappa shape index (κ2) is 5.07. The minimum absolute atomic E-state index is 0.458. The molecule has 0 bridgehead atoms. The van der Waals surface area contributed by atoms with Gasteiger partial charge < -0.3 is 5.32 Å². The van der Waals surface area contributed by atoms with Crippen molar-refractivity contribution in [2.45, 2.75) is 6.54 Å². The van der Waals surface area contributed by atoms with Gasteiger partial charge in [0.1, 0.15) is 0 Å². The highest BCUT2D eigenvalue weighted by Crippen LogP contribution is 2.13. The molecular weight excluding hydrogens is 266 g/mol. The number of halogens is 1. The van der Waals surface area contributed by atoms with Crippen molar-refractivity contribution in [1.82, 2.24) is 30.4 Å². The Morgan fingerprint density at radius 2 is 2.11 bits per heavy atom. The zero-order valence-electron chi connectivity index (χ0n) is 9.79. The van der Waals surface area contributed by atoms with Gasteiger partial charge in [0.2, 0.25) is 0 Å². The molecule has 96 valence electrons. The fourth-order valence-electron chi connectivity index (χ4n) is 1.60. The first-order chi connectivity index (χ1) is 9.31. The van der Waals surface area contributed by atoms with Gasteiger partial charge in [0.05, 0.1) is 11.9 Å². The topological polar surface area (TPSA) is 84.3 Å². The fraction of sp³-hybridized carbons (Fsp3) is 0.0909. The molecule has 0 aliphatic carbocycles. The second-order valence-corrected chi connectivity index (χ2v) is 4.29. The number of rotatable bonds is 4. The molecule has 0 radical (unpaired) electrons. The van der Waals surface area contributed by atoms with Crippen molar-refractivity contribution in [2.24, 2.45) is 0 Å². The van der Waals surface area contributed by atoms with Crippen molar-refractivity contribution in [2.75, 3.05) is 5.32 Å². The summed E-state index contributed by atoms with van der Waals surface area (Å²) in [7, 11) is 0. The molecule has 0 spiro atoms. The summed E-state index contributed by atoms with van der Waals surface area (Å²) in [5.74, 6) is 0.458. The van der Waals surface area contributed by atoms with E-state index < -0.39 is 0 Å². The Balaban J connectivity index is 1.70. The Labute approximate surface area is 113 Å². The summed E-state index contributed by atoms with van der Waals surface area (Å²) in [4.78, 5) is 0. The summed E-state index contributed by atoms with van der Waals surface area (Å²) in [6.45, 7) is 0.577. The van der Waals surface area contributed by atoms with Crippen LogP contribution in [0.3, 0.4) is 0 Å². The lowest BCUT2D eigenvalue weighted by molar-refractivity contribution is 0.880. The van der Waals surface area contributed by atoms with Crippen LogP contribution in [0.4, 0.5) is 5.95 Å². The van der Waals surface area contributed by atoms with Crippen LogP contribution in [0.2, 0.25) is 5.02 Å². The Kier molecular flexibility index (Phi) is 3.11. The Morgan fingerprint density at radius 3 is 2.84 bits per heavy atom. The van der Waals surface area contributed by atoms with E-state index in [-0.39, 0.29) is 0 Å². The van der Waals surface area contributed by atoms with Crippen molar-refractivity contribution >= 4 is 17.5 Å². The van der Waals surface area contributed by atoms with E-state index in [2.05, 4.69) is 31.0 Å². The lowest BCUT2D eigenvalue weighted by atomic mass is 10.3. The molecule has 0 unspecified atom stereocenters. The van der Waals surface area contributed by atoms with E-state index in [1.54, 1.807) is 10.9 Å². The number of hydrogen-bond donors (Lipinski definition) is 2. The van der Waals surface area contributed by atoms with Gasteiger partial charge in [-0.2, -0.15) is 10.3 Å². The normalized spacial score (nSPS) is 10.6. The summed E-state index contributed by atoms with van der Waals surface area (Å²) in [5.41, 5.74) is 1.97. The zero-order valence-corrected chi connectivity index (χ0v) is 10.5. The SMILES string of the molecule is Clc1ccc(-n2cc(CNc3nn[nH]n3)cn2)cc1. The van der Waals surface area contributed by atoms with Crippen molar-refractivity contribution < 1.29 is 0 Å². The molecular formula is C11H10ClN7. The maximum absolute atomic E-state index is 5.85. The maximum Gasteiger partial charge on any atom is 0.263 e. The molecule has 0 fully saturated rings. The van der Waals surface area contributed by atoms with E-state index in [4.69, 9.17) is 11.6 Å². The van der Waals surface area contributed by atoms with E-state index in [1.165, 1.54) is 0 Å². The molecule has 0 atom stereocenters. The maximum atomic E-state index is 5.85. The predicted octanol–water partition coefficient (Wildman–Crippen LogP) is 1.65. The summed E-state index contributed by atoms with van der Waals surface area (Å²) < 4.78 is 1.78. The third kappa shape index (κ3) is 2.71. The van der Waals surface area contributed by atoms with Gasteiger partial charge >= 0.3 is 0 Å². The molecule has 2 heterocycles. The minimum Gasteiger partial charge on any atom is -0.347 e. The van der Waals surface area contributed by atoms with Crippen molar-refractivity contribution in [3.05, 3.63) is 47.2 Å². The summed E-state index contributed by atoms with van der Waals surface area (Å²) in [6.07, 6.45) is 3.71. The van der Waals surface area contributed by atoms with Gasteiger partial charge in [-0.05, 0) is 29.5 Å². The third-order valence-corrected chi connectivity index (χ3v) is 2.78. The average molecular weight is 276 g/mol. The third-order valence-electron chi connectivity index (χ3n) is 2.52. The van der Waals surface area contributed by atoms with E-state index >= 15 is 0 Å². The number of nitrogens with one attached hydrogen (secondary N) is 2. The number of anilines is 1. The standard InChI is InChI=1S/C11H10ClN7/c12-9-1-3-10(4-2-9)19-7-8(6-14-19)5-13-11-15-17-18-16-11/h1-4,6-7H,5H2,(H2,13,15,16,17,18). The first-order valence-corrected chi connectivity index (χ1v) is 5.96. The Hall–Kier alpha value is -2.41. The summed E-state index contributed by atoms with van der Waals surface area (Å²) in [6, 6.07) is 7.48. The van der Waals surface area contributed by atoms with Crippen LogP contribution in [0.15, 0.2) is 36.7 Å². The van der Waals surface area contributed by atoms with Gasteiger partial charge in [0.25, 0.3) is 5.95 Å². The van der Waals surface area contributed by atoms with E-state index in [0.717, 1.165) is 11.3 Å². The van der Waals surface area contributed by atoms with Crippen LogP contribution in [-0.2, 0) is 6.54 Å². The molecule has 0 aliphatic heterocycles. The van der Waals surface area contributed by atoms with Gasteiger partial charge in [-0.25, -0.2) is 4.68 Å². The zero-order chi connectivity index (χ0) is 13.1. The second-order valence-electron chi connectivity index (χ2n) is 3.86. The van der Waals surface area contributed by atoms with Crippen molar-refractivity contribution in [3.8, 4) is 5.69 Å². The molecule has 3 aromatic rings. The minimum atomic E-state index is 0.458. The highest BCUT2D eigenvalue weighted by molar-refractivity contribution is 6.30. The molecule has 0 saturated heterocycles. The van der Waals surface area contributed by atoms with Gasteiger partial charge in [0, 0.05) is 23.3 Å². The van der Waals surface area contributed by atoms with Gasteiger partial charge in [0.15, 0.2) is 0 Å². The van der Waals surface area contributed by atoms with Crippen LogP contribution >= 0.6 is 11.6 Å². The molecule has 7 nitrogen and oxygen atoms in total. The molecule has 2 aromatic heterocycles. The van der Waals surface area contributed by atoms with Crippen LogP contribution in [0.25, 0.3) is 5.69 Å². The van der Waals surface area contributed by atoms with Gasteiger partial charge in [-0.3, -0.25) is 0 Å². The number of tetrazole rings is 1. The first kappa shape index (κ1) is 11.7. The monoisotopic (exact) mass is 275 g/mol. The lowest BCUT2D eigenvalue weighted by Gasteiger charge is -2.00. The van der Waals surface area contributed by atoms with Crippen LogP contribution in [0.1, 0.15) is 5.56 Å². The average Bonchev–Trinajstić information content (AvgIpc) is 3.09. The van der Waals surface area contributed by atoms with E-state index in [0.29, 0.717) is 17.5 Å². The van der Waals surface area contributed by atoms with Crippen LogP contribution in [-0.4, -0.2) is 30.4 Å². The first-order valence-electron chi connectivity index (χ1n) is 5.58. The molecule has 0 aliphatic rings. The largest absolute Gasteiger partial charge is 0.347 e. The van der Waals surface area contributed by atoms with Gasteiger partial charge in [-0.1, -0.05) is 16.7 Å². The summed E-state index contributed by atoms with van der Waals surface area (Å²) >= 11 is 5.85. The van der Waals surface area contributed by atoms with E-state index in [9.17, 15) is 0 Å². The molecule has 3 rings (SSSR count). The molecule has 8 heteroatoms. The Morgan fingerprint density at radius 1 is 1.26 bits per heavy atom. The highest BCUT2D eigenvalue weighted by Gasteiger charge is 2.02. The smallest absolute Gasteiger partial charge is 0.263 e. The lowest BCUT2D eigenvalue weighted by Crippen LogP contribution is -2.00. The Bertz CT molecular complexity index is 644. The van der Waals surface area contributed by atoms with Crippen molar-refractivity contribution in [3.63, 3.8) is 0 Å².